The molecule has 1 aromatic carbocycles. The number of nitrogens with zero attached hydrogens (tertiary/aromatic N) is 1. The molecule has 0 atom stereocenters. The van der Waals surface area contributed by atoms with Gasteiger partial charge in [-0.05, 0) is 44.0 Å². The van der Waals surface area contributed by atoms with E-state index < -0.39 is 17.7 Å². The predicted octanol–water partition coefficient (Wildman–Crippen LogP) is 4.26. The van der Waals surface area contributed by atoms with Crippen LogP contribution in [-0.4, -0.2) is 15.6 Å². The third-order valence-electron chi connectivity index (χ3n) is 3.41. The summed E-state index contributed by atoms with van der Waals surface area (Å²) in [7, 11) is 0. The van der Waals surface area contributed by atoms with Crippen LogP contribution in [0.4, 0.5) is 13.2 Å². The number of halogens is 3. The highest BCUT2D eigenvalue weighted by Gasteiger charge is 2.31. The molecule has 0 bridgehead atoms. The second-order valence-corrected chi connectivity index (χ2v) is 5.28. The van der Waals surface area contributed by atoms with E-state index in [0.29, 0.717) is 16.5 Å². The van der Waals surface area contributed by atoms with E-state index in [4.69, 9.17) is 5.11 Å². The van der Waals surface area contributed by atoms with E-state index in [1.165, 1.54) is 6.07 Å². The maximum absolute atomic E-state index is 12.8. The van der Waals surface area contributed by atoms with Gasteiger partial charge in [-0.2, -0.15) is 13.2 Å². The summed E-state index contributed by atoms with van der Waals surface area (Å²) in [4.78, 5) is 10.7. The van der Waals surface area contributed by atoms with Gasteiger partial charge in [0.05, 0.1) is 5.56 Å². The van der Waals surface area contributed by atoms with Crippen LogP contribution >= 0.6 is 0 Å². The number of aliphatic carboxylic acids is 1. The van der Waals surface area contributed by atoms with Gasteiger partial charge in [-0.3, -0.25) is 4.79 Å². The van der Waals surface area contributed by atoms with Crippen molar-refractivity contribution in [3.8, 4) is 0 Å². The van der Waals surface area contributed by atoms with Gasteiger partial charge in [0.15, 0.2) is 0 Å². The molecule has 1 N–H and O–H groups in total. The van der Waals surface area contributed by atoms with Crippen molar-refractivity contribution in [2.75, 3.05) is 0 Å². The van der Waals surface area contributed by atoms with E-state index >= 15 is 0 Å². The molecular formula is C15H16F3NO2. The van der Waals surface area contributed by atoms with E-state index in [2.05, 4.69) is 0 Å². The van der Waals surface area contributed by atoms with Crippen LogP contribution in [0.5, 0.6) is 0 Å². The van der Waals surface area contributed by atoms with Gasteiger partial charge in [-0.1, -0.05) is 0 Å². The zero-order valence-electron chi connectivity index (χ0n) is 11.7. The highest BCUT2D eigenvalue weighted by molar-refractivity contribution is 5.85. The molecule has 0 aliphatic carbocycles. The van der Waals surface area contributed by atoms with Gasteiger partial charge in [0.25, 0.3) is 0 Å². The molecule has 21 heavy (non-hydrogen) atoms. The molecule has 114 valence electrons. The highest BCUT2D eigenvalue weighted by atomic mass is 19.4. The summed E-state index contributed by atoms with van der Waals surface area (Å²) in [6.07, 6.45) is -2.54. The number of carboxylic acids is 1. The van der Waals surface area contributed by atoms with Gasteiger partial charge in [-0.25, -0.2) is 0 Å². The molecule has 1 heterocycles. The Hall–Kier alpha value is -1.98. The standard InChI is InChI=1S/C15H16F3NO2/c1-9(2)19-8-10(3-6-14(20)21)12-7-11(15(16,17)18)4-5-13(12)19/h4-5,7-9H,3,6H2,1-2H3,(H,20,21). The van der Waals surface area contributed by atoms with Gasteiger partial charge in [0.2, 0.25) is 0 Å². The van der Waals surface area contributed by atoms with Gasteiger partial charge >= 0.3 is 12.1 Å². The molecule has 2 rings (SSSR count). The second kappa shape index (κ2) is 5.42. The molecule has 6 heteroatoms. The third-order valence-corrected chi connectivity index (χ3v) is 3.41. The molecule has 0 saturated heterocycles. The first-order valence-electron chi connectivity index (χ1n) is 6.62. The number of rotatable bonds is 4. The van der Waals surface area contributed by atoms with Crippen molar-refractivity contribution in [2.45, 2.75) is 38.9 Å². The van der Waals surface area contributed by atoms with Crippen molar-refractivity contribution in [2.24, 2.45) is 0 Å². The Labute approximate surface area is 120 Å². The molecule has 2 aromatic rings. The molecule has 0 fully saturated rings. The fraction of sp³-hybridized carbons (Fsp3) is 0.400. The molecule has 0 saturated carbocycles. The van der Waals surface area contributed by atoms with E-state index in [1.54, 1.807) is 6.20 Å². The fourth-order valence-electron chi connectivity index (χ4n) is 2.37. The Kier molecular flexibility index (Phi) is 3.98. The van der Waals surface area contributed by atoms with Crippen molar-refractivity contribution >= 4 is 16.9 Å². The monoisotopic (exact) mass is 299 g/mol. The first-order chi connectivity index (χ1) is 9.70. The minimum Gasteiger partial charge on any atom is -0.481 e. The minimum absolute atomic E-state index is 0.0859. The number of carbonyl (C=O) groups is 1. The summed E-state index contributed by atoms with van der Waals surface area (Å²) in [6.45, 7) is 3.86. The second-order valence-electron chi connectivity index (χ2n) is 5.28. The summed E-state index contributed by atoms with van der Waals surface area (Å²) in [5, 5.41) is 9.23. The Morgan fingerprint density at radius 2 is 2.00 bits per heavy atom. The minimum atomic E-state index is -4.40. The molecule has 1 aromatic heterocycles. The number of alkyl halides is 3. The Balaban J connectivity index is 2.57. The van der Waals surface area contributed by atoms with Gasteiger partial charge in [0.1, 0.15) is 0 Å². The summed E-state index contributed by atoms with van der Waals surface area (Å²) in [5.41, 5.74) is 0.610. The number of aryl methyl sites for hydroxylation is 1. The molecule has 0 amide bonds. The molecule has 0 spiro atoms. The normalized spacial score (nSPS) is 12.3. The molecule has 3 nitrogen and oxygen atoms in total. The van der Waals surface area contributed by atoms with E-state index in [0.717, 1.165) is 12.1 Å². The van der Waals surface area contributed by atoms with Crippen LogP contribution in [-0.2, 0) is 17.4 Å². The topological polar surface area (TPSA) is 42.2 Å². The summed E-state index contributed by atoms with van der Waals surface area (Å²) >= 11 is 0. The van der Waals surface area contributed by atoms with Crippen molar-refractivity contribution in [3.63, 3.8) is 0 Å². The van der Waals surface area contributed by atoms with Gasteiger partial charge < -0.3 is 9.67 Å². The predicted molar refractivity (Wildman–Crippen MR) is 73.3 cm³/mol. The van der Waals surface area contributed by atoms with Crippen LogP contribution in [0.1, 0.15) is 37.4 Å². The molecular weight excluding hydrogens is 283 g/mol. The van der Waals surface area contributed by atoms with Crippen molar-refractivity contribution < 1.29 is 23.1 Å². The lowest BCUT2D eigenvalue weighted by Crippen LogP contribution is -2.05. The molecule has 0 aliphatic rings. The van der Waals surface area contributed by atoms with Crippen LogP contribution in [0.15, 0.2) is 24.4 Å². The van der Waals surface area contributed by atoms with E-state index in [9.17, 15) is 18.0 Å². The van der Waals surface area contributed by atoms with Gasteiger partial charge in [0, 0.05) is 29.6 Å². The Morgan fingerprint density at radius 3 is 2.52 bits per heavy atom. The zero-order chi connectivity index (χ0) is 15.8. The van der Waals surface area contributed by atoms with Crippen LogP contribution in [0.2, 0.25) is 0 Å². The molecule has 0 aliphatic heterocycles. The number of aromatic nitrogens is 1. The summed E-state index contributed by atoms with van der Waals surface area (Å²) < 4.78 is 40.3. The Morgan fingerprint density at radius 1 is 1.33 bits per heavy atom. The lowest BCUT2D eigenvalue weighted by molar-refractivity contribution is -0.138. The van der Waals surface area contributed by atoms with Crippen LogP contribution < -0.4 is 0 Å². The number of hydrogen-bond donors (Lipinski definition) is 1. The molecule has 0 unspecified atom stereocenters. The van der Waals surface area contributed by atoms with Gasteiger partial charge in [-0.15, -0.1) is 0 Å². The van der Waals surface area contributed by atoms with E-state index in [1.807, 2.05) is 18.4 Å². The maximum atomic E-state index is 12.8. The van der Waals surface area contributed by atoms with Crippen molar-refractivity contribution in [3.05, 3.63) is 35.5 Å². The lowest BCUT2D eigenvalue weighted by atomic mass is 10.1. The lowest BCUT2D eigenvalue weighted by Gasteiger charge is -2.10. The number of carboxylic acid groups (broad SMARTS) is 1. The van der Waals surface area contributed by atoms with Crippen LogP contribution in [0.25, 0.3) is 10.9 Å². The number of benzene rings is 1. The fourth-order valence-corrected chi connectivity index (χ4v) is 2.37. The SMILES string of the molecule is CC(C)n1cc(CCC(=O)O)c2cc(C(F)(F)F)ccc21. The smallest absolute Gasteiger partial charge is 0.416 e. The zero-order valence-corrected chi connectivity index (χ0v) is 11.7. The van der Waals surface area contributed by atoms with Crippen molar-refractivity contribution in [1.29, 1.82) is 0 Å². The largest absolute Gasteiger partial charge is 0.481 e. The van der Waals surface area contributed by atoms with Crippen molar-refractivity contribution in [1.82, 2.24) is 4.57 Å². The average Bonchev–Trinajstić information content (AvgIpc) is 2.73. The van der Waals surface area contributed by atoms with E-state index in [-0.39, 0.29) is 18.9 Å². The van der Waals surface area contributed by atoms with Crippen LogP contribution in [0, 0.1) is 0 Å². The first kappa shape index (κ1) is 15.4. The summed E-state index contributed by atoms with van der Waals surface area (Å²) in [6, 6.07) is 3.69. The van der Waals surface area contributed by atoms with Crippen LogP contribution in [0.3, 0.4) is 0 Å². The Bertz CT molecular complexity index is 671. The first-order valence-corrected chi connectivity index (χ1v) is 6.62. The molecule has 0 radical (unpaired) electrons. The number of hydrogen-bond acceptors (Lipinski definition) is 1. The number of fused-ring (bicyclic) bond motifs is 1. The average molecular weight is 299 g/mol. The highest BCUT2D eigenvalue weighted by Crippen LogP contribution is 2.34. The maximum Gasteiger partial charge on any atom is 0.416 e. The third kappa shape index (κ3) is 3.20. The quantitative estimate of drug-likeness (QED) is 0.916. The summed E-state index contributed by atoms with van der Waals surface area (Å²) in [5.74, 6) is -0.965.